The van der Waals surface area contributed by atoms with E-state index in [0.717, 1.165) is 0 Å². The molecule has 3 aromatic rings. The normalized spacial score (nSPS) is 10.6. The van der Waals surface area contributed by atoms with Gasteiger partial charge in [0.15, 0.2) is 0 Å². The number of hydrogen-bond donors (Lipinski definition) is 3. The smallest absolute Gasteiger partial charge is 0.0374 e. The van der Waals surface area contributed by atoms with Gasteiger partial charge in [0.2, 0.25) is 0 Å². The van der Waals surface area contributed by atoms with Gasteiger partial charge in [-0.15, -0.1) is 50.9 Å². The molecule has 0 aliphatic rings. The lowest BCUT2D eigenvalue weighted by molar-refractivity contribution is 0.444. The molecule has 0 spiro atoms. The zero-order chi connectivity index (χ0) is 25.0. The van der Waals surface area contributed by atoms with Crippen molar-refractivity contribution in [3.05, 3.63) is 108 Å². The number of hydrogen-bond acceptors (Lipinski definition) is 3. The molecule has 3 rings (SSSR count). The maximum absolute atomic E-state index is 3.26. The fourth-order valence-corrected chi connectivity index (χ4v) is 3.00. The van der Waals surface area contributed by atoms with Crippen LogP contribution in [0.25, 0.3) is 0 Å². The molecule has 0 aliphatic carbocycles. The van der Waals surface area contributed by atoms with Crippen LogP contribution in [0.3, 0.4) is 0 Å². The first kappa shape index (κ1) is 39.5. The average molecular weight is 690 g/mol. The highest BCUT2D eigenvalue weighted by molar-refractivity contribution is 8.93. The fraction of sp³-hybridized carbons (Fsp3) is 0.400. The summed E-state index contributed by atoms with van der Waals surface area (Å²) in [5.74, 6) is 0. The Kier molecular flexibility index (Phi) is 21.0. The van der Waals surface area contributed by atoms with Crippen molar-refractivity contribution in [3.8, 4) is 0 Å². The van der Waals surface area contributed by atoms with Crippen LogP contribution in [-0.4, -0.2) is 21.1 Å². The summed E-state index contributed by atoms with van der Waals surface area (Å²) in [6.07, 6.45) is 0. The molecule has 0 unspecified atom stereocenters. The molecule has 3 aromatic carbocycles. The van der Waals surface area contributed by atoms with Crippen LogP contribution >= 0.6 is 50.9 Å². The van der Waals surface area contributed by atoms with Gasteiger partial charge in [0, 0.05) is 16.6 Å². The summed E-state index contributed by atoms with van der Waals surface area (Å²) in [4.78, 5) is 0. The highest BCUT2D eigenvalue weighted by Crippen LogP contribution is 2.19. The third-order valence-corrected chi connectivity index (χ3v) is 6.36. The minimum Gasteiger partial charge on any atom is -0.311 e. The Labute approximate surface area is 252 Å². The van der Waals surface area contributed by atoms with E-state index in [4.69, 9.17) is 0 Å². The second kappa shape index (κ2) is 19.1. The van der Waals surface area contributed by atoms with Crippen molar-refractivity contribution in [2.75, 3.05) is 21.1 Å². The third kappa shape index (κ3) is 13.5. The molecule has 0 fully saturated rings. The number of benzene rings is 3. The van der Waals surface area contributed by atoms with Gasteiger partial charge in [0.05, 0.1) is 0 Å². The Morgan fingerprint density at radius 2 is 0.528 bits per heavy atom. The molecule has 0 radical (unpaired) electrons. The zero-order valence-electron chi connectivity index (χ0n) is 23.4. The Hall–Kier alpha value is -1.02. The summed E-state index contributed by atoms with van der Waals surface area (Å²) in [6.45, 7) is 13.0. The van der Waals surface area contributed by atoms with E-state index in [9.17, 15) is 0 Å². The molecule has 0 aliphatic heterocycles. The minimum absolute atomic E-state index is 0. The van der Waals surface area contributed by atoms with E-state index in [1.165, 1.54) is 16.7 Å². The van der Waals surface area contributed by atoms with Crippen LogP contribution in [0, 0.1) is 0 Å². The van der Waals surface area contributed by atoms with Crippen LogP contribution in [0.15, 0.2) is 91.0 Å². The maximum Gasteiger partial charge on any atom is 0.0374 e. The standard InChI is InChI=1S/3C10H15N.3BrH/c3*1-10(2,11-3)9-7-5-4-6-8-9;;;/h3*4-8,11H,1-3H3;3*1H. The van der Waals surface area contributed by atoms with E-state index in [0.29, 0.717) is 0 Å². The van der Waals surface area contributed by atoms with Crippen LogP contribution in [0.1, 0.15) is 58.2 Å². The second-order valence-electron chi connectivity index (χ2n) is 9.72. The monoisotopic (exact) mass is 687 g/mol. The van der Waals surface area contributed by atoms with Crippen molar-refractivity contribution in [1.29, 1.82) is 0 Å². The van der Waals surface area contributed by atoms with E-state index in [-0.39, 0.29) is 67.6 Å². The number of halogens is 3. The third-order valence-electron chi connectivity index (χ3n) is 6.36. The van der Waals surface area contributed by atoms with Crippen LogP contribution < -0.4 is 16.0 Å². The second-order valence-corrected chi connectivity index (χ2v) is 9.72. The molecule has 36 heavy (non-hydrogen) atoms. The van der Waals surface area contributed by atoms with Crippen molar-refractivity contribution in [2.24, 2.45) is 0 Å². The predicted octanol–water partition coefficient (Wildman–Crippen LogP) is 8.16. The fourth-order valence-electron chi connectivity index (χ4n) is 3.00. The van der Waals surface area contributed by atoms with Gasteiger partial charge >= 0.3 is 0 Å². The summed E-state index contributed by atoms with van der Waals surface area (Å²) < 4.78 is 0. The van der Waals surface area contributed by atoms with Crippen LogP contribution in [0.2, 0.25) is 0 Å². The van der Waals surface area contributed by atoms with Gasteiger partial charge in [0.1, 0.15) is 0 Å². The lowest BCUT2D eigenvalue weighted by Gasteiger charge is -2.24. The molecular weight excluding hydrogens is 642 g/mol. The molecule has 0 heterocycles. The molecule has 3 N–H and O–H groups in total. The molecule has 204 valence electrons. The van der Waals surface area contributed by atoms with E-state index in [2.05, 4.69) is 130 Å². The maximum atomic E-state index is 3.26. The molecule has 3 nitrogen and oxygen atoms in total. The van der Waals surface area contributed by atoms with Gasteiger partial charge in [0.25, 0.3) is 0 Å². The van der Waals surface area contributed by atoms with Crippen LogP contribution in [0.4, 0.5) is 0 Å². The predicted molar refractivity (Wildman–Crippen MR) is 177 cm³/mol. The topological polar surface area (TPSA) is 36.1 Å². The summed E-state index contributed by atoms with van der Waals surface area (Å²) in [5, 5.41) is 9.77. The van der Waals surface area contributed by atoms with Crippen molar-refractivity contribution in [1.82, 2.24) is 16.0 Å². The minimum atomic E-state index is 0. The lowest BCUT2D eigenvalue weighted by atomic mass is 9.95. The van der Waals surface area contributed by atoms with Gasteiger partial charge in [-0.05, 0) is 79.4 Å². The number of nitrogens with one attached hydrogen (secondary N) is 3. The van der Waals surface area contributed by atoms with E-state index in [1.54, 1.807) is 0 Å². The lowest BCUT2D eigenvalue weighted by Crippen LogP contribution is -2.32. The van der Waals surface area contributed by atoms with Gasteiger partial charge in [-0.3, -0.25) is 0 Å². The van der Waals surface area contributed by atoms with Crippen molar-refractivity contribution < 1.29 is 0 Å². The molecule has 0 amide bonds. The molecule has 0 atom stereocenters. The summed E-state index contributed by atoms with van der Waals surface area (Å²) in [5.41, 5.74) is 4.22. The van der Waals surface area contributed by atoms with Gasteiger partial charge < -0.3 is 16.0 Å². The first-order chi connectivity index (χ1) is 15.5. The summed E-state index contributed by atoms with van der Waals surface area (Å²) in [7, 11) is 5.94. The van der Waals surface area contributed by atoms with Crippen molar-refractivity contribution >= 4 is 50.9 Å². The largest absolute Gasteiger partial charge is 0.311 e. The molecule has 6 heteroatoms. The Balaban J connectivity index is -0.000000436. The molecular formula is C30H48Br3N3. The van der Waals surface area contributed by atoms with Gasteiger partial charge in [-0.25, -0.2) is 0 Å². The van der Waals surface area contributed by atoms with E-state index >= 15 is 0 Å². The van der Waals surface area contributed by atoms with E-state index < -0.39 is 0 Å². The molecule has 0 bridgehead atoms. The number of rotatable bonds is 6. The first-order valence-electron chi connectivity index (χ1n) is 11.7. The first-order valence-corrected chi connectivity index (χ1v) is 11.7. The molecule has 0 saturated carbocycles. The Bertz CT molecular complexity index is 778. The quantitative estimate of drug-likeness (QED) is 0.245. The summed E-state index contributed by atoms with van der Waals surface area (Å²) in [6, 6.07) is 31.3. The van der Waals surface area contributed by atoms with Crippen molar-refractivity contribution in [2.45, 2.75) is 58.2 Å². The van der Waals surface area contributed by atoms with Gasteiger partial charge in [-0.2, -0.15) is 0 Å². The van der Waals surface area contributed by atoms with Gasteiger partial charge in [-0.1, -0.05) is 91.0 Å². The Morgan fingerprint density at radius 1 is 0.361 bits per heavy atom. The zero-order valence-corrected chi connectivity index (χ0v) is 28.5. The highest BCUT2D eigenvalue weighted by atomic mass is 79.9. The highest BCUT2D eigenvalue weighted by Gasteiger charge is 2.17. The van der Waals surface area contributed by atoms with E-state index in [1.807, 2.05) is 39.3 Å². The summed E-state index contributed by atoms with van der Waals surface area (Å²) >= 11 is 0. The molecule has 0 saturated heterocycles. The average Bonchev–Trinajstić information content (AvgIpc) is 2.86. The van der Waals surface area contributed by atoms with Crippen molar-refractivity contribution in [3.63, 3.8) is 0 Å². The SMILES string of the molecule is Br.Br.Br.CNC(C)(C)c1ccccc1.CNC(C)(C)c1ccccc1.CNC(C)(C)c1ccccc1. The Morgan fingerprint density at radius 3 is 0.667 bits per heavy atom. The molecule has 0 aromatic heterocycles. The van der Waals surface area contributed by atoms with Crippen LogP contribution in [-0.2, 0) is 16.6 Å². The van der Waals surface area contributed by atoms with Crippen LogP contribution in [0.5, 0.6) is 0 Å².